The van der Waals surface area contributed by atoms with Crippen LogP contribution in [-0.2, 0) is 13.0 Å². The number of anilines is 2. The molecule has 210 valence electrons. The first-order valence-corrected chi connectivity index (χ1v) is 15.5. The second kappa shape index (κ2) is 13.6. The summed E-state index contributed by atoms with van der Waals surface area (Å²) in [6, 6.07) is 10.8. The average Bonchev–Trinajstić information content (AvgIpc) is 3.56. The molecule has 0 unspecified atom stereocenters. The zero-order valence-electron chi connectivity index (χ0n) is 23.4. The Bertz CT molecular complexity index is 1340. The van der Waals surface area contributed by atoms with E-state index in [0.717, 1.165) is 80.7 Å². The summed E-state index contributed by atoms with van der Waals surface area (Å²) in [6.07, 6.45) is 6.66. The van der Waals surface area contributed by atoms with E-state index >= 15 is 0 Å². The molecular weight excluding hydrogens is 504 g/mol. The SMILES string of the molecule is CCCCc1nc2c(N)nc3ccsc3c2n1Cc1ccccc1NCCCCN1CCN(CCCN)CC1. The molecule has 0 bridgehead atoms. The maximum absolute atomic E-state index is 6.38. The number of hydrogen-bond donors (Lipinski definition) is 3. The van der Waals surface area contributed by atoms with Crippen LogP contribution in [0.2, 0.25) is 0 Å². The van der Waals surface area contributed by atoms with Crippen LogP contribution in [0.4, 0.5) is 11.5 Å². The van der Waals surface area contributed by atoms with Crippen LogP contribution in [-0.4, -0.2) is 76.7 Å². The summed E-state index contributed by atoms with van der Waals surface area (Å²) in [7, 11) is 0. The highest BCUT2D eigenvalue weighted by molar-refractivity contribution is 7.18. The zero-order chi connectivity index (χ0) is 27.0. The van der Waals surface area contributed by atoms with Gasteiger partial charge in [-0.25, -0.2) is 9.97 Å². The molecule has 1 aliphatic heterocycles. The van der Waals surface area contributed by atoms with Gasteiger partial charge in [-0.2, -0.15) is 0 Å². The summed E-state index contributed by atoms with van der Waals surface area (Å²) in [4.78, 5) is 14.8. The summed E-state index contributed by atoms with van der Waals surface area (Å²) in [6.45, 7) is 11.8. The van der Waals surface area contributed by atoms with Gasteiger partial charge in [0.15, 0.2) is 5.82 Å². The molecule has 1 aromatic carbocycles. The molecule has 4 aromatic rings. The molecule has 0 radical (unpaired) electrons. The fourth-order valence-corrected chi connectivity index (χ4v) is 6.48. The van der Waals surface area contributed by atoms with Gasteiger partial charge in [0, 0.05) is 44.8 Å². The zero-order valence-corrected chi connectivity index (χ0v) is 24.2. The highest BCUT2D eigenvalue weighted by atomic mass is 32.1. The second-order valence-corrected chi connectivity index (χ2v) is 11.6. The summed E-state index contributed by atoms with van der Waals surface area (Å²) in [5.41, 5.74) is 17.5. The molecule has 9 heteroatoms. The number of nitrogens with one attached hydrogen (secondary N) is 1. The minimum absolute atomic E-state index is 0.524. The van der Waals surface area contributed by atoms with Crippen LogP contribution in [0.25, 0.3) is 21.3 Å². The third kappa shape index (κ3) is 6.72. The Kier molecular flexibility index (Phi) is 9.68. The van der Waals surface area contributed by atoms with Crippen molar-refractivity contribution in [2.75, 3.05) is 63.4 Å². The lowest BCUT2D eigenvalue weighted by Gasteiger charge is -2.34. The first-order chi connectivity index (χ1) is 19.2. The molecule has 0 amide bonds. The predicted octanol–water partition coefficient (Wildman–Crippen LogP) is 4.78. The number of piperazine rings is 1. The van der Waals surface area contributed by atoms with Crippen molar-refractivity contribution >= 4 is 44.1 Å². The molecule has 5 rings (SSSR count). The van der Waals surface area contributed by atoms with E-state index in [9.17, 15) is 0 Å². The lowest BCUT2D eigenvalue weighted by atomic mass is 10.1. The van der Waals surface area contributed by atoms with E-state index in [1.807, 2.05) is 0 Å². The van der Waals surface area contributed by atoms with Gasteiger partial charge in [-0.3, -0.25) is 0 Å². The molecule has 1 fully saturated rings. The van der Waals surface area contributed by atoms with E-state index in [2.05, 4.69) is 67.3 Å². The topological polar surface area (TPSA) is 101 Å². The third-order valence-corrected chi connectivity index (χ3v) is 8.76. The van der Waals surface area contributed by atoms with Gasteiger partial charge in [0.25, 0.3) is 0 Å². The molecule has 39 heavy (non-hydrogen) atoms. The van der Waals surface area contributed by atoms with Crippen LogP contribution in [0.1, 0.15) is 50.4 Å². The highest BCUT2D eigenvalue weighted by Gasteiger charge is 2.19. The van der Waals surface area contributed by atoms with Crippen LogP contribution in [0, 0.1) is 0 Å². The monoisotopic (exact) mass is 548 g/mol. The maximum Gasteiger partial charge on any atom is 0.152 e. The number of thiophene rings is 1. The van der Waals surface area contributed by atoms with Gasteiger partial charge in [0.05, 0.1) is 22.3 Å². The molecule has 1 aliphatic rings. The van der Waals surface area contributed by atoms with E-state index in [1.54, 1.807) is 11.3 Å². The van der Waals surface area contributed by atoms with Gasteiger partial charge in [-0.1, -0.05) is 31.5 Å². The fourth-order valence-electron chi connectivity index (χ4n) is 5.59. The maximum atomic E-state index is 6.38. The summed E-state index contributed by atoms with van der Waals surface area (Å²) in [5, 5.41) is 5.84. The molecule has 0 spiro atoms. The predicted molar refractivity (Wildman–Crippen MR) is 166 cm³/mol. The van der Waals surface area contributed by atoms with Gasteiger partial charge >= 0.3 is 0 Å². The van der Waals surface area contributed by atoms with Crippen molar-refractivity contribution in [3.8, 4) is 0 Å². The van der Waals surface area contributed by atoms with Crippen molar-refractivity contribution in [1.82, 2.24) is 24.3 Å². The van der Waals surface area contributed by atoms with Gasteiger partial charge in [-0.15, -0.1) is 11.3 Å². The Morgan fingerprint density at radius 3 is 2.49 bits per heavy atom. The number of fused-ring (bicyclic) bond motifs is 3. The lowest BCUT2D eigenvalue weighted by Crippen LogP contribution is -2.47. The number of rotatable bonds is 14. The number of nitrogens with zero attached hydrogens (tertiary/aromatic N) is 5. The van der Waals surface area contributed by atoms with Gasteiger partial charge in [0.1, 0.15) is 11.3 Å². The molecule has 1 saturated heterocycles. The smallest absolute Gasteiger partial charge is 0.152 e. The first-order valence-electron chi connectivity index (χ1n) is 14.7. The van der Waals surface area contributed by atoms with Crippen LogP contribution >= 0.6 is 11.3 Å². The number of pyridine rings is 1. The number of aromatic nitrogens is 3. The Morgan fingerprint density at radius 1 is 0.949 bits per heavy atom. The number of unbranched alkanes of at least 4 members (excludes halogenated alkanes) is 2. The molecule has 0 aliphatic carbocycles. The van der Waals surface area contributed by atoms with Crippen LogP contribution in [0.3, 0.4) is 0 Å². The fraction of sp³-hybridized carbons (Fsp3) is 0.533. The normalized spacial score (nSPS) is 15.0. The second-order valence-electron chi connectivity index (χ2n) is 10.7. The molecule has 0 atom stereocenters. The summed E-state index contributed by atoms with van der Waals surface area (Å²) < 4.78 is 3.55. The quantitative estimate of drug-likeness (QED) is 0.195. The number of aryl methyl sites for hydroxylation is 1. The van der Waals surface area contributed by atoms with Crippen molar-refractivity contribution in [3.63, 3.8) is 0 Å². The number of benzene rings is 1. The van der Waals surface area contributed by atoms with Gasteiger partial charge in [-0.05, 0) is 68.4 Å². The van der Waals surface area contributed by atoms with E-state index in [1.165, 1.54) is 55.1 Å². The van der Waals surface area contributed by atoms with Gasteiger partial charge in [0.2, 0.25) is 0 Å². The van der Waals surface area contributed by atoms with Crippen LogP contribution in [0.15, 0.2) is 35.7 Å². The number of nitrogen functional groups attached to an aromatic ring is 1. The largest absolute Gasteiger partial charge is 0.385 e. The van der Waals surface area contributed by atoms with Crippen LogP contribution in [0.5, 0.6) is 0 Å². The van der Waals surface area contributed by atoms with Crippen molar-refractivity contribution < 1.29 is 0 Å². The number of para-hydroxylation sites is 1. The summed E-state index contributed by atoms with van der Waals surface area (Å²) in [5.74, 6) is 1.62. The Morgan fingerprint density at radius 2 is 1.72 bits per heavy atom. The molecule has 0 saturated carbocycles. The average molecular weight is 549 g/mol. The Balaban J connectivity index is 1.23. The van der Waals surface area contributed by atoms with Crippen molar-refractivity contribution in [1.29, 1.82) is 0 Å². The Labute approximate surface area is 236 Å². The van der Waals surface area contributed by atoms with Crippen molar-refractivity contribution in [2.45, 2.75) is 52.0 Å². The van der Waals surface area contributed by atoms with E-state index in [0.29, 0.717) is 5.82 Å². The lowest BCUT2D eigenvalue weighted by molar-refractivity contribution is 0.130. The highest BCUT2D eigenvalue weighted by Crippen LogP contribution is 2.33. The summed E-state index contributed by atoms with van der Waals surface area (Å²) >= 11 is 1.72. The number of nitrogens with two attached hydrogens (primary N) is 2. The number of imidazole rings is 1. The van der Waals surface area contributed by atoms with Gasteiger partial charge < -0.3 is 31.2 Å². The van der Waals surface area contributed by atoms with E-state index < -0.39 is 0 Å². The third-order valence-electron chi connectivity index (χ3n) is 7.85. The van der Waals surface area contributed by atoms with Crippen LogP contribution < -0.4 is 16.8 Å². The molecule has 3 aromatic heterocycles. The molecule has 4 heterocycles. The number of hydrogen-bond acceptors (Lipinski definition) is 8. The molecule has 8 nitrogen and oxygen atoms in total. The first kappa shape index (κ1) is 27.8. The standard InChI is InChI=1S/C30H44N8S/c1-2-3-11-26-35-27-28(29-25(12-21-39-29)34-30(27)32)38(26)22-23-9-4-5-10-24(23)33-14-6-7-15-36-17-19-37(20-18-36)16-8-13-31/h4-5,9-10,12,21,33H,2-3,6-8,11,13-20,22,31H2,1H3,(H2,32,34). The van der Waals surface area contributed by atoms with E-state index in [-0.39, 0.29) is 0 Å². The Hall–Kier alpha value is -2.72. The van der Waals surface area contributed by atoms with Crippen molar-refractivity contribution in [3.05, 3.63) is 47.1 Å². The minimum atomic E-state index is 0.524. The van der Waals surface area contributed by atoms with E-state index in [4.69, 9.17) is 16.5 Å². The minimum Gasteiger partial charge on any atom is -0.385 e. The molecule has 5 N–H and O–H groups in total. The molecular formula is C30H44N8S. The van der Waals surface area contributed by atoms with Crippen molar-refractivity contribution in [2.24, 2.45) is 5.73 Å².